The maximum atomic E-state index is 8.96. The minimum Gasteiger partial charge on any atom is -0.256 e. The van der Waals surface area contributed by atoms with Crippen molar-refractivity contribution in [3.8, 4) is 17.2 Å². The Hall–Kier alpha value is -2.66. The van der Waals surface area contributed by atoms with Crippen LogP contribution in [-0.4, -0.2) is 4.98 Å². The Balaban J connectivity index is 2.21. The molecule has 0 radical (unpaired) electrons. The van der Waals surface area contributed by atoms with Crippen molar-refractivity contribution < 1.29 is 0 Å². The Bertz CT molecular complexity index is 798. The lowest BCUT2D eigenvalue weighted by Crippen LogP contribution is -1.86. The molecule has 0 fully saturated rings. The average molecular weight is 244 g/mol. The number of hydrogen-bond acceptors (Lipinski definition) is 2. The van der Waals surface area contributed by atoms with Gasteiger partial charge >= 0.3 is 0 Å². The van der Waals surface area contributed by atoms with E-state index in [1.54, 1.807) is 6.07 Å². The fourth-order valence-electron chi connectivity index (χ4n) is 2.25. The molecule has 0 atom stereocenters. The highest BCUT2D eigenvalue weighted by atomic mass is 14.6. The van der Waals surface area contributed by atoms with Crippen LogP contribution in [0.15, 0.2) is 54.7 Å². The fraction of sp³-hybridized carbons (Fsp3) is 0.0588. The molecule has 1 heterocycles. The molecule has 2 aromatic carbocycles. The molecule has 0 saturated carbocycles. The van der Waals surface area contributed by atoms with E-state index >= 15 is 0 Å². The highest BCUT2D eigenvalue weighted by molar-refractivity contribution is 5.85. The number of nitriles is 1. The molecule has 19 heavy (non-hydrogen) atoms. The van der Waals surface area contributed by atoms with Gasteiger partial charge in [0.15, 0.2) is 0 Å². The van der Waals surface area contributed by atoms with Gasteiger partial charge in [0.1, 0.15) is 0 Å². The van der Waals surface area contributed by atoms with Crippen molar-refractivity contribution in [2.75, 3.05) is 0 Å². The number of aromatic nitrogens is 1. The lowest BCUT2D eigenvalue weighted by molar-refractivity contribution is 1.38. The molecular weight excluding hydrogens is 232 g/mol. The van der Waals surface area contributed by atoms with Crippen LogP contribution in [0.5, 0.6) is 0 Å². The Morgan fingerprint density at radius 2 is 1.89 bits per heavy atom. The summed E-state index contributed by atoms with van der Waals surface area (Å²) in [4.78, 5) is 4.46. The third kappa shape index (κ3) is 2.07. The minimum atomic E-state index is 0.663. The van der Waals surface area contributed by atoms with Crippen molar-refractivity contribution in [3.63, 3.8) is 0 Å². The SMILES string of the molecule is Cc1ccccc1-c1cnc2ccc(C#N)cc2c1. The molecule has 0 aliphatic rings. The molecule has 1 aromatic heterocycles. The number of nitrogens with zero attached hydrogens (tertiary/aromatic N) is 2. The van der Waals surface area contributed by atoms with Crippen LogP contribution in [0.4, 0.5) is 0 Å². The Morgan fingerprint density at radius 3 is 2.68 bits per heavy atom. The van der Waals surface area contributed by atoms with Crippen molar-refractivity contribution >= 4 is 10.9 Å². The lowest BCUT2D eigenvalue weighted by Gasteiger charge is -2.06. The smallest absolute Gasteiger partial charge is 0.0991 e. The zero-order chi connectivity index (χ0) is 13.2. The van der Waals surface area contributed by atoms with Crippen molar-refractivity contribution in [2.24, 2.45) is 0 Å². The third-order valence-corrected chi connectivity index (χ3v) is 3.27. The normalized spacial score (nSPS) is 10.3. The largest absolute Gasteiger partial charge is 0.256 e. The minimum absolute atomic E-state index is 0.663. The summed E-state index contributed by atoms with van der Waals surface area (Å²) < 4.78 is 0. The van der Waals surface area contributed by atoms with Crippen LogP contribution < -0.4 is 0 Å². The van der Waals surface area contributed by atoms with Gasteiger partial charge in [-0.15, -0.1) is 0 Å². The predicted molar refractivity (Wildman–Crippen MR) is 76.6 cm³/mol. The molecule has 0 bridgehead atoms. The van der Waals surface area contributed by atoms with E-state index in [1.165, 1.54) is 11.1 Å². The van der Waals surface area contributed by atoms with Crippen LogP contribution in [0, 0.1) is 18.3 Å². The summed E-state index contributed by atoms with van der Waals surface area (Å²) in [7, 11) is 0. The third-order valence-electron chi connectivity index (χ3n) is 3.27. The molecule has 2 heteroatoms. The van der Waals surface area contributed by atoms with Crippen LogP contribution in [0.1, 0.15) is 11.1 Å². The number of pyridine rings is 1. The van der Waals surface area contributed by atoms with E-state index < -0.39 is 0 Å². The van der Waals surface area contributed by atoms with Crippen molar-refractivity contribution in [1.82, 2.24) is 4.98 Å². The van der Waals surface area contributed by atoms with Gasteiger partial charge in [-0.2, -0.15) is 5.26 Å². The topological polar surface area (TPSA) is 36.7 Å². The van der Waals surface area contributed by atoms with Crippen LogP contribution in [0.3, 0.4) is 0 Å². The monoisotopic (exact) mass is 244 g/mol. The number of aryl methyl sites for hydroxylation is 1. The molecule has 0 amide bonds. The van der Waals surface area contributed by atoms with E-state index in [1.807, 2.05) is 30.5 Å². The summed E-state index contributed by atoms with van der Waals surface area (Å²) in [5, 5.41) is 9.96. The molecule has 3 rings (SSSR count). The second kappa shape index (κ2) is 4.55. The molecule has 0 N–H and O–H groups in total. The standard InChI is InChI=1S/C17H12N2/c1-12-4-2-3-5-16(12)15-9-14-8-13(10-18)6-7-17(14)19-11-15/h2-9,11H,1H3. The zero-order valence-corrected chi connectivity index (χ0v) is 10.6. The summed E-state index contributed by atoms with van der Waals surface area (Å²) >= 11 is 0. The van der Waals surface area contributed by atoms with Gasteiger partial charge in [-0.05, 0) is 42.3 Å². The van der Waals surface area contributed by atoms with Crippen molar-refractivity contribution in [3.05, 3.63) is 65.9 Å². The van der Waals surface area contributed by atoms with E-state index in [4.69, 9.17) is 5.26 Å². The van der Waals surface area contributed by atoms with Crippen LogP contribution in [-0.2, 0) is 0 Å². The van der Waals surface area contributed by atoms with E-state index in [2.05, 4.69) is 36.2 Å². The van der Waals surface area contributed by atoms with Crippen molar-refractivity contribution in [2.45, 2.75) is 6.92 Å². The number of rotatable bonds is 1. The molecule has 2 nitrogen and oxygen atoms in total. The van der Waals surface area contributed by atoms with Gasteiger partial charge in [0.05, 0.1) is 17.1 Å². The molecule has 0 aliphatic heterocycles. The van der Waals surface area contributed by atoms with E-state index in [-0.39, 0.29) is 0 Å². The number of hydrogen-bond donors (Lipinski definition) is 0. The second-order valence-electron chi connectivity index (χ2n) is 4.56. The molecule has 0 spiro atoms. The summed E-state index contributed by atoms with van der Waals surface area (Å²) in [6, 6.07) is 18.0. The Morgan fingerprint density at radius 1 is 1.05 bits per heavy atom. The van der Waals surface area contributed by atoms with Gasteiger partial charge in [-0.3, -0.25) is 4.98 Å². The molecule has 0 saturated heterocycles. The van der Waals surface area contributed by atoms with E-state index in [0.717, 1.165) is 16.5 Å². The van der Waals surface area contributed by atoms with Crippen LogP contribution in [0.2, 0.25) is 0 Å². The van der Waals surface area contributed by atoms with Crippen LogP contribution >= 0.6 is 0 Å². The predicted octanol–water partition coefficient (Wildman–Crippen LogP) is 4.08. The maximum absolute atomic E-state index is 8.96. The number of benzene rings is 2. The van der Waals surface area contributed by atoms with Gasteiger partial charge in [-0.1, -0.05) is 24.3 Å². The first-order valence-corrected chi connectivity index (χ1v) is 6.14. The first-order valence-electron chi connectivity index (χ1n) is 6.14. The van der Waals surface area contributed by atoms with Gasteiger partial charge in [0.25, 0.3) is 0 Å². The summed E-state index contributed by atoms with van der Waals surface area (Å²) in [5.41, 5.74) is 5.06. The molecule has 90 valence electrons. The first-order chi connectivity index (χ1) is 9.28. The summed E-state index contributed by atoms with van der Waals surface area (Å²) in [5.74, 6) is 0. The summed E-state index contributed by atoms with van der Waals surface area (Å²) in [6.45, 7) is 2.09. The Labute approximate surface area is 112 Å². The average Bonchev–Trinajstić information content (AvgIpc) is 2.46. The quantitative estimate of drug-likeness (QED) is 0.646. The highest BCUT2D eigenvalue weighted by Crippen LogP contribution is 2.25. The lowest BCUT2D eigenvalue weighted by atomic mass is 10.0. The van der Waals surface area contributed by atoms with Crippen LogP contribution in [0.25, 0.3) is 22.0 Å². The highest BCUT2D eigenvalue weighted by Gasteiger charge is 2.04. The van der Waals surface area contributed by atoms with Gasteiger partial charge in [0.2, 0.25) is 0 Å². The zero-order valence-electron chi connectivity index (χ0n) is 10.6. The number of fused-ring (bicyclic) bond motifs is 1. The van der Waals surface area contributed by atoms with Gasteiger partial charge in [-0.25, -0.2) is 0 Å². The van der Waals surface area contributed by atoms with E-state index in [9.17, 15) is 0 Å². The van der Waals surface area contributed by atoms with Gasteiger partial charge in [0, 0.05) is 17.1 Å². The molecular formula is C17H12N2. The molecule has 3 aromatic rings. The summed E-state index contributed by atoms with van der Waals surface area (Å²) in [6.07, 6.45) is 1.89. The fourth-order valence-corrected chi connectivity index (χ4v) is 2.25. The second-order valence-corrected chi connectivity index (χ2v) is 4.56. The molecule has 0 unspecified atom stereocenters. The van der Waals surface area contributed by atoms with Crippen molar-refractivity contribution in [1.29, 1.82) is 5.26 Å². The maximum Gasteiger partial charge on any atom is 0.0991 e. The van der Waals surface area contributed by atoms with E-state index in [0.29, 0.717) is 5.56 Å². The molecule has 0 aliphatic carbocycles. The first kappa shape index (κ1) is 11.4. The van der Waals surface area contributed by atoms with Gasteiger partial charge < -0.3 is 0 Å². The Kier molecular flexibility index (Phi) is 2.74.